The molecule has 6 nitrogen and oxygen atoms in total. The molecule has 1 aliphatic heterocycles. The van der Waals surface area contributed by atoms with Crippen molar-refractivity contribution < 1.29 is 12.8 Å². The van der Waals surface area contributed by atoms with Crippen LogP contribution in [0.4, 0.5) is 4.39 Å². The smallest absolute Gasteiger partial charge is 0.266 e. The number of aromatic nitrogens is 2. The zero-order valence-corrected chi connectivity index (χ0v) is 18.1. The molecule has 0 saturated carbocycles. The monoisotopic (exact) mass is 441 g/mol. The van der Waals surface area contributed by atoms with E-state index in [0.717, 1.165) is 11.3 Å². The first kappa shape index (κ1) is 21.4. The molecular weight excluding hydrogens is 417 g/mol. The van der Waals surface area contributed by atoms with Gasteiger partial charge in [-0.15, -0.1) is 0 Å². The number of piperidine rings is 1. The summed E-state index contributed by atoms with van der Waals surface area (Å²) in [4.78, 5) is 12.5. The Morgan fingerprint density at radius 3 is 2.42 bits per heavy atom. The topological polar surface area (TPSA) is 72.3 Å². The Morgan fingerprint density at radius 1 is 1.03 bits per heavy atom. The first-order chi connectivity index (χ1) is 14.8. The van der Waals surface area contributed by atoms with Crippen LogP contribution in [0, 0.1) is 18.7 Å². The van der Waals surface area contributed by atoms with Gasteiger partial charge in [-0.3, -0.25) is 4.79 Å². The summed E-state index contributed by atoms with van der Waals surface area (Å²) >= 11 is 0. The number of benzene rings is 2. The van der Waals surface area contributed by atoms with Gasteiger partial charge in [0.1, 0.15) is 5.82 Å². The normalized spacial score (nSPS) is 15.8. The van der Waals surface area contributed by atoms with Crippen LogP contribution in [0.1, 0.15) is 18.4 Å². The highest BCUT2D eigenvalue weighted by molar-refractivity contribution is 7.89. The van der Waals surface area contributed by atoms with Gasteiger partial charge in [0.15, 0.2) is 0 Å². The van der Waals surface area contributed by atoms with E-state index in [0.29, 0.717) is 38.0 Å². The van der Waals surface area contributed by atoms with Crippen molar-refractivity contribution in [2.24, 2.45) is 5.92 Å². The lowest BCUT2D eigenvalue weighted by Gasteiger charge is -2.31. The maximum atomic E-state index is 13.4. The first-order valence-corrected chi connectivity index (χ1v) is 11.7. The maximum Gasteiger partial charge on any atom is 0.266 e. The number of hydrogen-bond donors (Lipinski definition) is 0. The van der Waals surface area contributed by atoms with Crippen molar-refractivity contribution in [3.8, 4) is 11.3 Å². The Kier molecular flexibility index (Phi) is 6.02. The molecule has 31 heavy (non-hydrogen) atoms. The molecule has 8 heteroatoms. The quantitative estimate of drug-likeness (QED) is 0.608. The Hall–Kier alpha value is -2.84. The van der Waals surface area contributed by atoms with Gasteiger partial charge < -0.3 is 0 Å². The summed E-state index contributed by atoms with van der Waals surface area (Å²) in [5.74, 6) is -0.303. The fraction of sp³-hybridized carbons (Fsp3) is 0.304. The average Bonchev–Trinajstić information content (AvgIpc) is 2.76. The minimum Gasteiger partial charge on any atom is -0.268 e. The number of hydrogen-bond acceptors (Lipinski definition) is 4. The molecule has 2 heterocycles. The molecule has 0 amide bonds. The van der Waals surface area contributed by atoms with Crippen molar-refractivity contribution in [1.29, 1.82) is 0 Å². The molecule has 0 atom stereocenters. The fourth-order valence-corrected chi connectivity index (χ4v) is 5.64. The molecule has 0 N–H and O–H groups in total. The van der Waals surface area contributed by atoms with E-state index in [4.69, 9.17) is 0 Å². The van der Waals surface area contributed by atoms with E-state index in [1.807, 2.05) is 30.3 Å². The van der Waals surface area contributed by atoms with Crippen molar-refractivity contribution in [2.75, 3.05) is 13.1 Å². The second-order valence-corrected chi connectivity index (χ2v) is 9.77. The molecule has 1 fully saturated rings. The van der Waals surface area contributed by atoms with E-state index in [2.05, 4.69) is 5.10 Å². The lowest BCUT2D eigenvalue weighted by atomic mass is 9.98. The zero-order chi connectivity index (χ0) is 22.0. The summed E-state index contributed by atoms with van der Waals surface area (Å²) in [5, 5.41) is 4.51. The van der Waals surface area contributed by atoms with Gasteiger partial charge in [0.25, 0.3) is 5.56 Å². The largest absolute Gasteiger partial charge is 0.268 e. The highest BCUT2D eigenvalue weighted by Gasteiger charge is 2.30. The molecule has 2 aromatic carbocycles. The van der Waals surface area contributed by atoms with Crippen LogP contribution in [0.3, 0.4) is 0 Å². The average molecular weight is 442 g/mol. The van der Waals surface area contributed by atoms with Crippen LogP contribution in [-0.4, -0.2) is 35.6 Å². The predicted molar refractivity (Wildman–Crippen MR) is 117 cm³/mol. The molecule has 0 bridgehead atoms. The SMILES string of the molecule is Cc1cc(F)ccc1S(=O)(=O)N1CCC(Cn2nc(-c3ccccc3)ccc2=O)CC1. The van der Waals surface area contributed by atoms with Gasteiger partial charge in [-0.2, -0.15) is 9.40 Å². The molecular formula is C23H24FN3O3S. The number of sulfonamides is 1. The number of nitrogens with zero attached hydrogens (tertiary/aromatic N) is 3. The van der Waals surface area contributed by atoms with Crippen LogP contribution < -0.4 is 5.56 Å². The molecule has 0 aliphatic carbocycles. The van der Waals surface area contributed by atoms with Gasteiger partial charge in [-0.1, -0.05) is 30.3 Å². The lowest BCUT2D eigenvalue weighted by Crippen LogP contribution is -2.40. The Morgan fingerprint density at radius 2 is 1.74 bits per heavy atom. The second kappa shape index (κ2) is 8.72. The molecule has 1 aromatic heterocycles. The summed E-state index contributed by atoms with van der Waals surface area (Å²) in [7, 11) is -3.67. The first-order valence-electron chi connectivity index (χ1n) is 10.2. The van der Waals surface area contributed by atoms with Crippen molar-refractivity contribution in [3.05, 3.63) is 82.4 Å². The summed E-state index contributed by atoms with van der Waals surface area (Å²) in [5.41, 5.74) is 1.89. The van der Waals surface area contributed by atoms with Gasteiger partial charge in [0, 0.05) is 31.3 Å². The Labute approximate surface area is 181 Å². The summed E-state index contributed by atoms with van der Waals surface area (Å²) < 4.78 is 42.2. The van der Waals surface area contributed by atoms with Crippen LogP contribution in [0.15, 0.2) is 70.4 Å². The van der Waals surface area contributed by atoms with Gasteiger partial charge in [0.2, 0.25) is 10.0 Å². The van der Waals surface area contributed by atoms with E-state index in [-0.39, 0.29) is 16.4 Å². The van der Waals surface area contributed by atoms with Crippen LogP contribution in [0.2, 0.25) is 0 Å². The second-order valence-electron chi connectivity index (χ2n) is 7.86. The van der Waals surface area contributed by atoms with Gasteiger partial charge in [-0.25, -0.2) is 17.5 Å². The third kappa shape index (κ3) is 4.60. The van der Waals surface area contributed by atoms with Gasteiger partial charge in [0.05, 0.1) is 10.6 Å². The molecule has 1 aliphatic rings. The third-order valence-corrected chi connectivity index (χ3v) is 7.75. The number of halogens is 1. The van der Waals surface area contributed by atoms with Crippen molar-refractivity contribution in [3.63, 3.8) is 0 Å². The van der Waals surface area contributed by atoms with Crippen molar-refractivity contribution >= 4 is 10.0 Å². The Bertz CT molecular complexity index is 1230. The zero-order valence-electron chi connectivity index (χ0n) is 17.2. The minimum atomic E-state index is -3.67. The minimum absolute atomic E-state index is 0.140. The predicted octanol–water partition coefficient (Wildman–Crippen LogP) is 3.46. The lowest BCUT2D eigenvalue weighted by molar-refractivity contribution is 0.244. The summed E-state index contributed by atoms with van der Waals surface area (Å²) in [6.45, 7) is 2.76. The fourth-order valence-electron chi connectivity index (χ4n) is 3.96. The standard InChI is InChI=1S/C23H24FN3O3S/c1-17-15-20(24)7-9-22(17)31(29,30)26-13-11-18(12-14-26)16-27-23(28)10-8-21(25-27)19-5-3-2-4-6-19/h2-10,15,18H,11-14,16H2,1H3. The summed E-state index contributed by atoms with van der Waals surface area (Å²) in [6, 6.07) is 16.6. The highest BCUT2D eigenvalue weighted by Crippen LogP contribution is 2.26. The maximum absolute atomic E-state index is 13.4. The Balaban J connectivity index is 1.46. The molecule has 0 unspecified atom stereocenters. The van der Waals surface area contributed by atoms with E-state index in [1.165, 1.54) is 33.3 Å². The number of rotatable bonds is 5. The van der Waals surface area contributed by atoms with Gasteiger partial charge in [-0.05, 0) is 55.5 Å². The third-order valence-electron chi connectivity index (χ3n) is 5.70. The van der Waals surface area contributed by atoms with E-state index < -0.39 is 15.8 Å². The van der Waals surface area contributed by atoms with Crippen LogP contribution in [0.25, 0.3) is 11.3 Å². The van der Waals surface area contributed by atoms with Crippen LogP contribution >= 0.6 is 0 Å². The molecule has 1 saturated heterocycles. The van der Waals surface area contributed by atoms with E-state index in [9.17, 15) is 17.6 Å². The van der Waals surface area contributed by atoms with Gasteiger partial charge >= 0.3 is 0 Å². The highest BCUT2D eigenvalue weighted by atomic mass is 32.2. The van der Waals surface area contributed by atoms with E-state index in [1.54, 1.807) is 13.0 Å². The molecule has 162 valence electrons. The van der Waals surface area contributed by atoms with E-state index >= 15 is 0 Å². The van der Waals surface area contributed by atoms with Crippen LogP contribution in [0.5, 0.6) is 0 Å². The van der Waals surface area contributed by atoms with Crippen LogP contribution in [-0.2, 0) is 16.6 Å². The summed E-state index contributed by atoms with van der Waals surface area (Å²) in [6.07, 6.45) is 1.26. The molecule has 4 rings (SSSR count). The number of aryl methyl sites for hydroxylation is 1. The molecule has 3 aromatic rings. The molecule has 0 spiro atoms. The van der Waals surface area contributed by atoms with Crippen molar-refractivity contribution in [2.45, 2.75) is 31.2 Å². The van der Waals surface area contributed by atoms with Crippen molar-refractivity contribution in [1.82, 2.24) is 14.1 Å². The molecule has 0 radical (unpaired) electrons.